The molecule has 0 aromatic heterocycles. The maximum absolute atomic E-state index is 11.4. The Kier molecular flexibility index (Phi) is 5.29. The largest absolute Gasteiger partial charge is 0.467 e. The lowest BCUT2D eigenvalue weighted by Crippen LogP contribution is -2.61. The van der Waals surface area contributed by atoms with E-state index in [1.807, 2.05) is 0 Å². The number of carbonyl (C=O) groups is 1. The number of hydrogen-bond acceptors (Lipinski definition) is 7. The summed E-state index contributed by atoms with van der Waals surface area (Å²) in [6.07, 6.45) is -4.49. The molecule has 1 fully saturated rings. The molecule has 0 aromatic carbocycles. The lowest BCUT2D eigenvalue weighted by Gasteiger charge is -2.41. The number of aliphatic hydroxyl groups is 1. The van der Waals surface area contributed by atoms with E-state index in [2.05, 4.69) is 4.74 Å². The summed E-state index contributed by atoms with van der Waals surface area (Å²) in [4.78, 5) is 11.4. The second kappa shape index (κ2) is 6.27. The maximum atomic E-state index is 11.4. The van der Waals surface area contributed by atoms with Crippen molar-refractivity contribution < 1.29 is 33.6 Å². The zero-order chi connectivity index (χ0) is 13.0. The van der Waals surface area contributed by atoms with Gasteiger partial charge in [0.05, 0.1) is 7.11 Å². The molecule has 7 nitrogen and oxygen atoms in total. The summed E-state index contributed by atoms with van der Waals surface area (Å²) in [5.74, 6) is -0.684. The second-order valence-corrected chi connectivity index (χ2v) is 3.58. The Morgan fingerprint density at radius 3 is 2.06 bits per heavy atom. The fourth-order valence-electron chi connectivity index (χ4n) is 1.84. The summed E-state index contributed by atoms with van der Waals surface area (Å²) >= 11 is 0. The molecule has 0 spiro atoms. The van der Waals surface area contributed by atoms with Crippen molar-refractivity contribution in [1.82, 2.24) is 0 Å². The quantitative estimate of drug-likeness (QED) is 0.635. The van der Waals surface area contributed by atoms with Crippen molar-refractivity contribution >= 4 is 5.97 Å². The maximum Gasteiger partial charge on any atom is 0.337 e. The first kappa shape index (κ1) is 14.3. The van der Waals surface area contributed by atoms with Gasteiger partial charge in [-0.25, -0.2) is 4.79 Å². The molecule has 1 heterocycles. The minimum atomic E-state index is -1.18. The zero-order valence-corrected chi connectivity index (χ0v) is 10.3. The molecule has 2 unspecified atom stereocenters. The van der Waals surface area contributed by atoms with Crippen LogP contribution in [0.3, 0.4) is 0 Å². The summed E-state index contributed by atoms with van der Waals surface area (Å²) in [5.41, 5.74) is 0. The van der Waals surface area contributed by atoms with E-state index in [1.54, 1.807) is 0 Å². The Hall–Kier alpha value is -0.730. The molecule has 0 saturated carbocycles. The molecule has 1 aliphatic rings. The fraction of sp³-hybridized carbons (Fsp3) is 0.900. The molecule has 0 radical (unpaired) electrons. The molecule has 100 valence electrons. The predicted octanol–water partition coefficient (Wildman–Crippen LogP) is -1.08. The van der Waals surface area contributed by atoms with Gasteiger partial charge in [-0.15, -0.1) is 0 Å². The van der Waals surface area contributed by atoms with E-state index in [-0.39, 0.29) is 0 Å². The average molecular weight is 250 g/mol. The normalized spacial score (nSPS) is 37.8. The molecule has 1 aliphatic heterocycles. The van der Waals surface area contributed by atoms with E-state index in [9.17, 15) is 9.90 Å². The fourth-order valence-corrected chi connectivity index (χ4v) is 1.84. The van der Waals surface area contributed by atoms with Gasteiger partial charge < -0.3 is 28.8 Å². The molecule has 1 saturated heterocycles. The Labute approximate surface area is 99.5 Å². The van der Waals surface area contributed by atoms with Gasteiger partial charge in [-0.05, 0) is 0 Å². The Balaban J connectivity index is 2.89. The van der Waals surface area contributed by atoms with Crippen LogP contribution in [0.15, 0.2) is 0 Å². The van der Waals surface area contributed by atoms with Crippen LogP contribution in [0.4, 0.5) is 0 Å². The lowest BCUT2D eigenvalue weighted by atomic mass is 9.98. The summed E-state index contributed by atoms with van der Waals surface area (Å²) in [6.45, 7) is 0. The first-order valence-electron chi connectivity index (χ1n) is 5.10. The summed E-state index contributed by atoms with van der Waals surface area (Å²) in [7, 11) is 5.48. The number of carbonyl (C=O) groups excluding carboxylic acids is 1. The molecule has 0 bridgehead atoms. The van der Waals surface area contributed by atoms with Gasteiger partial charge in [-0.3, -0.25) is 0 Å². The van der Waals surface area contributed by atoms with E-state index in [4.69, 9.17) is 18.9 Å². The Bertz CT molecular complexity index is 257. The highest BCUT2D eigenvalue weighted by Crippen LogP contribution is 2.26. The van der Waals surface area contributed by atoms with Gasteiger partial charge in [0.1, 0.15) is 18.3 Å². The molecule has 17 heavy (non-hydrogen) atoms. The van der Waals surface area contributed by atoms with Gasteiger partial charge >= 0.3 is 5.97 Å². The van der Waals surface area contributed by atoms with Crippen molar-refractivity contribution in [3.05, 3.63) is 0 Å². The molecule has 0 amide bonds. The predicted molar refractivity (Wildman–Crippen MR) is 55.3 cm³/mol. The number of rotatable bonds is 4. The minimum absolute atomic E-state index is 0.624. The van der Waals surface area contributed by atoms with Gasteiger partial charge in [0.2, 0.25) is 0 Å². The van der Waals surface area contributed by atoms with E-state index < -0.39 is 36.7 Å². The van der Waals surface area contributed by atoms with Gasteiger partial charge in [-0.1, -0.05) is 0 Å². The molecule has 1 N–H and O–H groups in total. The number of esters is 1. The van der Waals surface area contributed by atoms with Gasteiger partial charge in [0.15, 0.2) is 12.4 Å². The van der Waals surface area contributed by atoms with Gasteiger partial charge in [0, 0.05) is 21.3 Å². The molecule has 1 rings (SSSR count). The molecule has 5 atom stereocenters. The van der Waals surface area contributed by atoms with Crippen LogP contribution in [-0.2, 0) is 28.5 Å². The standard InChI is InChI=1S/C10H18O7/c1-13-6-5(11)7(9(12)15-3)17-10(16-4)8(6)14-2/h5-8,10-11H,1-4H3/t5-,6?,7?,8-,10-/m0/s1. The van der Waals surface area contributed by atoms with E-state index in [0.717, 1.165) is 0 Å². The van der Waals surface area contributed by atoms with Crippen LogP contribution in [0.5, 0.6) is 0 Å². The average Bonchev–Trinajstić information content (AvgIpc) is 2.36. The highest BCUT2D eigenvalue weighted by molar-refractivity contribution is 5.75. The van der Waals surface area contributed by atoms with Crippen molar-refractivity contribution in [2.24, 2.45) is 0 Å². The smallest absolute Gasteiger partial charge is 0.337 e. The van der Waals surface area contributed by atoms with Crippen molar-refractivity contribution in [3.63, 3.8) is 0 Å². The second-order valence-electron chi connectivity index (χ2n) is 3.58. The zero-order valence-electron chi connectivity index (χ0n) is 10.3. The molecule has 0 aliphatic carbocycles. The monoisotopic (exact) mass is 250 g/mol. The van der Waals surface area contributed by atoms with Crippen LogP contribution in [-0.4, -0.2) is 70.2 Å². The van der Waals surface area contributed by atoms with Crippen molar-refractivity contribution in [2.75, 3.05) is 28.4 Å². The summed E-state index contributed by atoms with van der Waals surface area (Å²) in [6, 6.07) is 0. The van der Waals surface area contributed by atoms with Crippen LogP contribution in [0.25, 0.3) is 0 Å². The van der Waals surface area contributed by atoms with Crippen molar-refractivity contribution in [3.8, 4) is 0 Å². The SMILES string of the molecule is COC(=O)C1O[C@H](OC)[C@@H](OC)C(OC)[C@@H]1O. The van der Waals surface area contributed by atoms with E-state index in [0.29, 0.717) is 0 Å². The Morgan fingerprint density at radius 1 is 1.06 bits per heavy atom. The molecule has 0 aromatic rings. The highest BCUT2D eigenvalue weighted by atomic mass is 16.7. The van der Waals surface area contributed by atoms with Crippen LogP contribution >= 0.6 is 0 Å². The van der Waals surface area contributed by atoms with Crippen LogP contribution in [0.1, 0.15) is 0 Å². The third-order valence-electron chi connectivity index (χ3n) is 2.73. The first-order valence-corrected chi connectivity index (χ1v) is 5.10. The van der Waals surface area contributed by atoms with E-state index in [1.165, 1.54) is 28.4 Å². The van der Waals surface area contributed by atoms with Gasteiger partial charge in [-0.2, -0.15) is 0 Å². The lowest BCUT2D eigenvalue weighted by molar-refractivity contribution is -0.296. The molecular formula is C10H18O7. The highest BCUT2D eigenvalue weighted by Gasteiger charge is 2.49. The molecule has 7 heteroatoms. The van der Waals surface area contributed by atoms with Gasteiger partial charge in [0.25, 0.3) is 0 Å². The third kappa shape index (κ3) is 2.75. The number of hydrogen-bond donors (Lipinski definition) is 1. The summed E-state index contributed by atoms with van der Waals surface area (Å²) < 4.78 is 25.1. The number of methoxy groups -OCH3 is 4. The molecular weight excluding hydrogens is 232 g/mol. The topological polar surface area (TPSA) is 83.5 Å². The Morgan fingerprint density at radius 2 is 1.65 bits per heavy atom. The number of ether oxygens (including phenoxy) is 5. The summed E-state index contributed by atoms with van der Waals surface area (Å²) in [5, 5.41) is 9.96. The van der Waals surface area contributed by atoms with Crippen LogP contribution in [0.2, 0.25) is 0 Å². The minimum Gasteiger partial charge on any atom is -0.467 e. The van der Waals surface area contributed by atoms with Crippen LogP contribution < -0.4 is 0 Å². The van der Waals surface area contributed by atoms with E-state index >= 15 is 0 Å². The number of aliphatic hydroxyl groups excluding tert-OH is 1. The third-order valence-corrected chi connectivity index (χ3v) is 2.73. The van der Waals surface area contributed by atoms with Crippen molar-refractivity contribution in [1.29, 1.82) is 0 Å². The first-order chi connectivity index (χ1) is 8.10. The van der Waals surface area contributed by atoms with Crippen LogP contribution in [0, 0.1) is 0 Å². The van der Waals surface area contributed by atoms with Crippen molar-refractivity contribution in [2.45, 2.75) is 30.7 Å².